The van der Waals surface area contributed by atoms with Crippen LogP contribution in [-0.4, -0.2) is 40.5 Å². The standard InChI is InChI=1S/C19H31N3O2S/c1-15-16(2)25-18(24)22(15)13-17(23)20-14-19(9-5-3-6-10-19)21-11-7-4-8-12-21/h3-14H2,1-2H3,(H,20,23). The van der Waals surface area contributed by atoms with Crippen molar-refractivity contribution in [1.29, 1.82) is 0 Å². The van der Waals surface area contributed by atoms with E-state index in [4.69, 9.17) is 0 Å². The smallest absolute Gasteiger partial charge is 0.308 e. The Morgan fingerprint density at radius 2 is 1.72 bits per heavy atom. The van der Waals surface area contributed by atoms with Crippen LogP contribution in [0, 0.1) is 13.8 Å². The number of carbonyl (C=O) groups excluding carboxylic acids is 1. The lowest BCUT2D eigenvalue weighted by molar-refractivity contribution is -0.122. The van der Waals surface area contributed by atoms with Gasteiger partial charge in [-0.15, -0.1) is 0 Å². The number of likely N-dealkylation sites (tertiary alicyclic amines) is 1. The number of nitrogens with one attached hydrogen (secondary N) is 1. The van der Waals surface area contributed by atoms with Gasteiger partial charge in [-0.05, 0) is 52.6 Å². The number of aryl methyl sites for hydroxylation is 1. The van der Waals surface area contributed by atoms with E-state index in [0.717, 1.165) is 30.2 Å². The average Bonchev–Trinajstić information content (AvgIpc) is 2.88. The van der Waals surface area contributed by atoms with E-state index in [0.29, 0.717) is 0 Å². The summed E-state index contributed by atoms with van der Waals surface area (Å²) in [7, 11) is 0. The second kappa shape index (κ2) is 8.04. The Hall–Kier alpha value is -1.14. The molecule has 1 N–H and O–H groups in total. The lowest BCUT2D eigenvalue weighted by atomic mass is 9.79. The summed E-state index contributed by atoms with van der Waals surface area (Å²) in [6.07, 6.45) is 10.1. The van der Waals surface area contributed by atoms with Gasteiger partial charge in [0, 0.05) is 22.7 Å². The third kappa shape index (κ3) is 4.17. The molecule has 2 heterocycles. The topological polar surface area (TPSA) is 54.3 Å². The molecule has 0 aromatic carbocycles. The summed E-state index contributed by atoms with van der Waals surface area (Å²) < 4.78 is 1.60. The molecule has 1 aliphatic heterocycles. The Kier molecular flexibility index (Phi) is 6.00. The number of rotatable bonds is 5. The molecule has 6 heteroatoms. The van der Waals surface area contributed by atoms with Gasteiger partial charge in [-0.3, -0.25) is 19.1 Å². The van der Waals surface area contributed by atoms with Gasteiger partial charge < -0.3 is 5.32 Å². The van der Waals surface area contributed by atoms with Gasteiger partial charge in [-0.2, -0.15) is 0 Å². The van der Waals surface area contributed by atoms with Crippen molar-refractivity contribution in [3.63, 3.8) is 0 Å². The van der Waals surface area contributed by atoms with Crippen LogP contribution in [0.3, 0.4) is 0 Å². The first-order chi connectivity index (χ1) is 12.0. The zero-order valence-electron chi connectivity index (χ0n) is 15.6. The van der Waals surface area contributed by atoms with E-state index >= 15 is 0 Å². The van der Waals surface area contributed by atoms with E-state index in [1.807, 2.05) is 13.8 Å². The van der Waals surface area contributed by atoms with E-state index in [9.17, 15) is 9.59 Å². The molecule has 1 aliphatic carbocycles. The first-order valence-corrected chi connectivity index (χ1v) is 10.5. The lowest BCUT2D eigenvalue weighted by Crippen LogP contribution is -2.58. The van der Waals surface area contributed by atoms with Gasteiger partial charge in [0.05, 0.1) is 0 Å². The Labute approximate surface area is 154 Å². The Balaban J connectivity index is 1.64. The van der Waals surface area contributed by atoms with Crippen LogP contribution in [0.25, 0.3) is 0 Å². The van der Waals surface area contributed by atoms with E-state index in [1.54, 1.807) is 4.57 Å². The molecule has 1 aromatic heterocycles. The molecule has 5 nitrogen and oxygen atoms in total. The molecule has 0 atom stereocenters. The normalized spacial score (nSPS) is 21.2. The van der Waals surface area contributed by atoms with E-state index in [1.165, 1.54) is 62.7 Å². The summed E-state index contributed by atoms with van der Waals surface area (Å²) in [6.45, 7) is 7.05. The number of hydrogen-bond donors (Lipinski definition) is 1. The number of amides is 1. The summed E-state index contributed by atoms with van der Waals surface area (Å²) in [5.74, 6) is -0.0371. The van der Waals surface area contributed by atoms with Gasteiger partial charge in [-0.25, -0.2) is 0 Å². The Morgan fingerprint density at radius 1 is 1.08 bits per heavy atom. The molecule has 0 spiro atoms. The minimum absolute atomic E-state index is 0.0337. The Morgan fingerprint density at radius 3 is 2.32 bits per heavy atom. The average molecular weight is 366 g/mol. The molecule has 25 heavy (non-hydrogen) atoms. The number of carbonyl (C=O) groups is 1. The van der Waals surface area contributed by atoms with E-state index in [-0.39, 0.29) is 22.9 Å². The highest BCUT2D eigenvalue weighted by Crippen LogP contribution is 2.35. The molecule has 0 bridgehead atoms. The van der Waals surface area contributed by atoms with Crippen molar-refractivity contribution >= 4 is 17.2 Å². The molecule has 1 amide bonds. The fourth-order valence-corrected chi connectivity index (χ4v) is 5.25. The van der Waals surface area contributed by atoms with Crippen molar-refractivity contribution in [3.05, 3.63) is 20.2 Å². The van der Waals surface area contributed by atoms with E-state index < -0.39 is 0 Å². The fourth-order valence-electron chi connectivity index (χ4n) is 4.42. The molecular formula is C19H31N3O2S. The minimum atomic E-state index is -0.0371. The molecule has 0 unspecified atom stereocenters. The van der Waals surface area contributed by atoms with Crippen LogP contribution >= 0.6 is 11.3 Å². The largest absolute Gasteiger partial charge is 0.353 e. The predicted octanol–water partition coefficient (Wildman–Crippen LogP) is 2.83. The monoisotopic (exact) mass is 365 g/mol. The molecule has 3 rings (SSSR count). The molecular weight excluding hydrogens is 334 g/mol. The van der Waals surface area contributed by atoms with Crippen LogP contribution in [0.15, 0.2) is 4.79 Å². The van der Waals surface area contributed by atoms with Gasteiger partial charge in [0.25, 0.3) is 0 Å². The second-order valence-corrected chi connectivity index (χ2v) is 8.87. The first-order valence-electron chi connectivity index (χ1n) is 9.70. The van der Waals surface area contributed by atoms with E-state index in [2.05, 4.69) is 10.2 Å². The number of thiazole rings is 1. The second-order valence-electron chi connectivity index (χ2n) is 7.71. The SMILES string of the molecule is Cc1sc(=O)n(CC(=O)NCC2(N3CCCCC3)CCCCC2)c1C. The predicted molar refractivity (Wildman–Crippen MR) is 102 cm³/mol. The van der Waals surface area contributed by atoms with Crippen molar-refractivity contribution in [2.24, 2.45) is 0 Å². The maximum Gasteiger partial charge on any atom is 0.308 e. The first kappa shape index (κ1) is 18.6. The maximum atomic E-state index is 12.5. The molecule has 0 radical (unpaired) electrons. The minimum Gasteiger partial charge on any atom is -0.353 e. The summed E-state index contributed by atoms with van der Waals surface area (Å²) >= 11 is 1.23. The molecule has 2 aliphatic rings. The molecule has 2 fully saturated rings. The highest BCUT2D eigenvalue weighted by atomic mass is 32.1. The third-order valence-electron chi connectivity index (χ3n) is 6.10. The molecule has 1 saturated carbocycles. The lowest BCUT2D eigenvalue weighted by Gasteiger charge is -2.48. The maximum absolute atomic E-state index is 12.5. The fraction of sp³-hybridized carbons (Fsp3) is 0.789. The van der Waals surface area contributed by atoms with Crippen molar-refractivity contribution in [2.45, 2.75) is 77.3 Å². The van der Waals surface area contributed by atoms with Crippen molar-refractivity contribution in [2.75, 3.05) is 19.6 Å². The van der Waals surface area contributed by atoms with Crippen LogP contribution < -0.4 is 10.2 Å². The molecule has 1 saturated heterocycles. The highest BCUT2D eigenvalue weighted by Gasteiger charge is 2.38. The quantitative estimate of drug-likeness (QED) is 0.873. The molecule has 140 valence electrons. The Bertz CT molecular complexity index is 652. The summed E-state index contributed by atoms with van der Waals surface area (Å²) in [5.41, 5.74) is 1.05. The highest BCUT2D eigenvalue weighted by molar-refractivity contribution is 7.09. The summed E-state index contributed by atoms with van der Waals surface area (Å²) in [5, 5.41) is 3.17. The van der Waals surface area contributed by atoms with Crippen LogP contribution in [0.2, 0.25) is 0 Å². The third-order valence-corrected chi connectivity index (χ3v) is 7.10. The van der Waals surface area contributed by atoms with Crippen LogP contribution in [0.1, 0.15) is 61.9 Å². The zero-order valence-corrected chi connectivity index (χ0v) is 16.4. The van der Waals surface area contributed by atoms with Gasteiger partial charge in [0.1, 0.15) is 6.54 Å². The van der Waals surface area contributed by atoms with Crippen molar-refractivity contribution in [1.82, 2.24) is 14.8 Å². The number of hydrogen-bond acceptors (Lipinski definition) is 4. The van der Waals surface area contributed by atoms with Gasteiger partial charge >= 0.3 is 4.87 Å². The van der Waals surface area contributed by atoms with Crippen molar-refractivity contribution in [3.8, 4) is 0 Å². The summed E-state index contributed by atoms with van der Waals surface area (Å²) in [4.78, 5) is 28.1. The van der Waals surface area contributed by atoms with Crippen LogP contribution in [0.4, 0.5) is 0 Å². The number of piperidine rings is 1. The zero-order chi connectivity index (χ0) is 17.9. The number of nitrogens with zero attached hydrogens (tertiary/aromatic N) is 2. The van der Waals surface area contributed by atoms with Crippen LogP contribution in [-0.2, 0) is 11.3 Å². The van der Waals surface area contributed by atoms with Crippen molar-refractivity contribution < 1.29 is 4.79 Å². The van der Waals surface area contributed by atoms with Gasteiger partial charge in [-0.1, -0.05) is 37.0 Å². The van der Waals surface area contributed by atoms with Crippen LogP contribution in [0.5, 0.6) is 0 Å². The van der Waals surface area contributed by atoms with Gasteiger partial charge in [0.15, 0.2) is 0 Å². The molecule has 1 aromatic rings. The summed E-state index contributed by atoms with van der Waals surface area (Å²) in [6, 6.07) is 0. The van der Waals surface area contributed by atoms with Gasteiger partial charge in [0.2, 0.25) is 5.91 Å². The number of aromatic nitrogens is 1.